The van der Waals surface area contributed by atoms with Gasteiger partial charge in [0.15, 0.2) is 11.5 Å². The summed E-state index contributed by atoms with van der Waals surface area (Å²) >= 11 is 0. The second kappa shape index (κ2) is 8.03. The number of ether oxygens (including phenoxy) is 1. The SMILES string of the molecule is COc1ccc(-c2cn3cccc(C)c3n2)cc1NC(=O)c1cc(-c2ccccc2)on1. The molecule has 1 N–H and O–H groups in total. The number of nitrogens with zero attached hydrogens (tertiary/aromatic N) is 3. The van der Waals surface area contributed by atoms with Crippen molar-refractivity contribution in [3.8, 4) is 28.3 Å². The van der Waals surface area contributed by atoms with Crippen LogP contribution < -0.4 is 10.1 Å². The number of aromatic nitrogens is 3. The van der Waals surface area contributed by atoms with Gasteiger partial charge in [0.1, 0.15) is 11.4 Å². The number of amides is 1. The topological polar surface area (TPSA) is 81.7 Å². The molecule has 0 unspecified atom stereocenters. The van der Waals surface area contributed by atoms with Gasteiger partial charge in [-0.15, -0.1) is 0 Å². The molecule has 0 saturated heterocycles. The number of hydrogen-bond acceptors (Lipinski definition) is 5. The van der Waals surface area contributed by atoms with Crippen LogP contribution in [0.3, 0.4) is 0 Å². The second-order valence-corrected chi connectivity index (χ2v) is 7.36. The largest absolute Gasteiger partial charge is 0.495 e. The lowest BCUT2D eigenvalue weighted by Crippen LogP contribution is -2.13. The number of nitrogens with one attached hydrogen (secondary N) is 1. The third-order valence-corrected chi connectivity index (χ3v) is 5.22. The molecule has 32 heavy (non-hydrogen) atoms. The number of hydrogen-bond donors (Lipinski definition) is 1. The van der Waals surface area contributed by atoms with Gasteiger partial charge in [-0.3, -0.25) is 4.79 Å². The van der Waals surface area contributed by atoms with Crippen LogP contribution in [0.25, 0.3) is 28.2 Å². The Morgan fingerprint density at radius 2 is 1.88 bits per heavy atom. The molecule has 0 bridgehead atoms. The van der Waals surface area contributed by atoms with E-state index in [1.165, 1.54) is 0 Å². The maximum Gasteiger partial charge on any atom is 0.277 e. The maximum atomic E-state index is 12.9. The highest BCUT2D eigenvalue weighted by Crippen LogP contribution is 2.31. The Morgan fingerprint density at radius 3 is 2.66 bits per heavy atom. The van der Waals surface area contributed by atoms with E-state index in [-0.39, 0.29) is 5.69 Å². The first-order valence-corrected chi connectivity index (χ1v) is 10.1. The van der Waals surface area contributed by atoms with Gasteiger partial charge >= 0.3 is 0 Å². The van der Waals surface area contributed by atoms with Crippen molar-refractivity contribution in [2.45, 2.75) is 6.92 Å². The Balaban J connectivity index is 1.45. The third-order valence-electron chi connectivity index (χ3n) is 5.22. The first-order chi connectivity index (χ1) is 15.6. The van der Waals surface area contributed by atoms with Crippen LogP contribution in [0.5, 0.6) is 5.75 Å². The highest BCUT2D eigenvalue weighted by molar-refractivity contribution is 6.04. The summed E-state index contributed by atoms with van der Waals surface area (Å²) in [6.07, 6.45) is 3.92. The highest BCUT2D eigenvalue weighted by Gasteiger charge is 2.17. The first kappa shape index (κ1) is 19.6. The summed E-state index contributed by atoms with van der Waals surface area (Å²) in [7, 11) is 1.56. The van der Waals surface area contributed by atoms with E-state index in [9.17, 15) is 4.79 Å². The fraction of sp³-hybridized carbons (Fsp3) is 0.0800. The molecule has 0 atom stereocenters. The number of aryl methyl sites for hydroxylation is 1. The third kappa shape index (κ3) is 3.60. The summed E-state index contributed by atoms with van der Waals surface area (Å²) in [4.78, 5) is 17.6. The van der Waals surface area contributed by atoms with E-state index in [4.69, 9.17) is 14.2 Å². The number of methoxy groups -OCH3 is 1. The average Bonchev–Trinajstić information content (AvgIpc) is 3.48. The lowest BCUT2D eigenvalue weighted by Gasteiger charge is -2.10. The van der Waals surface area contributed by atoms with Crippen LogP contribution in [0.4, 0.5) is 5.69 Å². The predicted molar refractivity (Wildman–Crippen MR) is 122 cm³/mol. The Bertz CT molecular complexity index is 1420. The predicted octanol–water partition coefficient (Wildman–Crippen LogP) is 5.23. The lowest BCUT2D eigenvalue weighted by molar-refractivity contribution is 0.101. The Hall–Kier alpha value is -4.39. The van der Waals surface area contributed by atoms with Gasteiger partial charge in [0, 0.05) is 29.6 Å². The fourth-order valence-electron chi connectivity index (χ4n) is 3.56. The smallest absolute Gasteiger partial charge is 0.277 e. The van der Waals surface area contributed by atoms with Gasteiger partial charge in [-0.2, -0.15) is 0 Å². The normalized spacial score (nSPS) is 10.9. The van der Waals surface area contributed by atoms with Crippen molar-refractivity contribution < 1.29 is 14.1 Å². The molecule has 5 aromatic rings. The molecular weight excluding hydrogens is 404 g/mol. The Morgan fingerprint density at radius 1 is 1.03 bits per heavy atom. The molecule has 3 heterocycles. The van der Waals surface area contributed by atoms with Crippen LogP contribution in [0, 0.1) is 6.92 Å². The van der Waals surface area contributed by atoms with Gasteiger partial charge in [0.05, 0.1) is 18.5 Å². The van der Waals surface area contributed by atoms with E-state index in [0.29, 0.717) is 17.2 Å². The summed E-state index contributed by atoms with van der Waals surface area (Å²) < 4.78 is 12.8. The van der Waals surface area contributed by atoms with Crippen LogP contribution in [0.1, 0.15) is 16.1 Å². The number of benzene rings is 2. The van der Waals surface area contributed by atoms with Gasteiger partial charge in [0.25, 0.3) is 5.91 Å². The van der Waals surface area contributed by atoms with Gasteiger partial charge in [-0.1, -0.05) is 41.6 Å². The molecule has 0 fully saturated rings. The number of anilines is 1. The molecular formula is C25H20N4O3. The maximum absolute atomic E-state index is 12.9. The number of rotatable bonds is 5. The standard InChI is InChI=1S/C25H20N4O3/c1-16-7-6-12-29-15-21(26-24(16)29)18-10-11-22(31-2)19(13-18)27-25(30)20-14-23(32-28-20)17-8-4-3-5-9-17/h3-15H,1-2H3,(H,27,30). The van der Waals surface area contributed by atoms with Crippen molar-refractivity contribution >= 4 is 17.2 Å². The molecule has 7 nitrogen and oxygen atoms in total. The van der Waals surface area contributed by atoms with Gasteiger partial charge < -0.3 is 19.0 Å². The number of carbonyl (C=O) groups excluding carboxylic acids is 1. The van der Waals surface area contributed by atoms with E-state index in [1.54, 1.807) is 19.2 Å². The molecule has 158 valence electrons. The monoisotopic (exact) mass is 424 g/mol. The Kier molecular flexibility index (Phi) is 4.91. The molecule has 0 spiro atoms. The molecule has 2 aromatic carbocycles. The molecule has 5 rings (SSSR count). The lowest BCUT2D eigenvalue weighted by atomic mass is 10.1. The van der Waals surface area contributed by atoms with E-state index in [2.05, 4.69) is 10.5 Å². The molecule has 0 aliphatic rings. The van der Waals surface area contributed by atoms with Crippen molar-refractivity contribution in [1.29, 1.82) is 0 Å². The zero-order valence-corrected chi connectivity index (χ0v) is 17.6. The van der Waals surface area contributed by atoms with Crippen molar-refractivity contribution in [3.63, 3.8) is 0 Å². The highest BCUT2D eigenvalue weighted by atomic mass is 16.5. The Labute approximate surface area is 184 Å². The molecule has 3 aromatic heterocycles. The summed E-state index contributed by atoms with van der Waals surface area (Å²) in [5.74, 6) is 0.669. The minimum Gasteiger partial charge on any atom is -0.495 e. The number of carbonyl (C=O) groups is 1. The van der Waals surface area contributed by atoms with E-state index in [1.807, 2.05) is 78.3 Å². The van der Waals surface area contributed by atoms with E-state index in [0.717, 1.165) is 28.0 Å². The summed E-state index contributed by atoms with van der Waals surface area (Å²) in [6.45, 7) is 2.02. The van der Waals surface area contributed by atoms with Crippen LogP contribution >= 0.6 is 0 Å². The van der Waals surface area contributed by atoms with Crippen molar-refractivity contribution in [2.75, 3.05) is 12.4 Å². The molecule has 1 amide bonds. The zero-order chi connectivity index (χ0) is 22.1. The fourth-order valence-corrected chi connectivity index (χ4v) is 3.56. The molecule has 0 saturated carbocycles. The van der Waals surface area contributed by atoms with Crippen LogP contribution in [-0.2, 0) is 0 Å². The zero-order valence-electron chi connectivity index (χ0n) is 17.6. The average molecular weight is 424 g/mol. The van der Waals surface area contributed by atoms with Crippen molar-refractivity contribution in [3.05, 3.63) is 90.4 Å². The minimum absolute atomic E-state index is 0.180. The van der Waals surface area contributed by atoms with Crippen LogP contribution in [-0.4, -0.2) is 27.6 Å². The number of pyridine rings is 1. The van der Waals surface area contributed by atoms with Gasteiger partial charge in [-0.05, 0) is 36.8 Å². The van der Waals surface area contributed by atoms with Gasteiger partial charge in [-0.25, -0.2) is 4.98 Å². The van der Waals surface area contributed by atoms with Crippen LogP contribution in [0.2, 0.25) is 0 Å². The van der Waals surface area contributed by atoms with Crippen molar-refractivity contribution in [1.82, 2.24) is 14.5 Å². The number of imidazole rings is 1. The van der Waals surface area contributed by atoms with Crippen molar-refractivity contribution in [2.24, 2.45) is 0 Å². The summed E-state index contributed by atoms with van der Waals surface area (Å²) in [6, 6.07) is 20.7. The second-order valence-electron chi connectivity index (χ2n) is 7.36. The number of fused-ring (bicyclic) bond motifs is 1. The first-order valence-electron chi connectivity index (χ1n) is 10.1. The molecule has 7 heteroatoms. The summed E-state index contributed by atoms with van der Waals surface area (Å²) in [5.41, 5.74) is 5.18. The quantitative estimate of drug-likeness (QED) is 0.418. The summed E-state index contributed by atoms with van der Waals surface area (Å²) in [5, 5.41) is 6.80. The minimum atomic E-state index is -0.391. The van der Waals surface area contributed by atoms with Crippen LogP contribution in [0.15, 0.2) is 83.6 Å². The van der Waals surface area contributed by atoms with E-state index >= 15 is 0 Å². The molecule has 0 radical (unpaired) electrons. The van der Waals surface area contributed by atoms with Gasteiger partial charge in [0.2, 0.25) is 0 Å². The molecule has 0 aliphatic carbocycles. The van der Waals surface area contributed by atoms with E-state index < -0.39 is 5.91 Å². The molecule has 0 aliphatic heterocycles.